The van der Waals surface area contributed by atoms with Crippen molar-refractivity contribution >= 4 is 5.97 Å². The number of fused-ring (bicyclic) bond motifs is 5. The Morgan fingerprint density at radius 3 is 2.53 bits per heavy atom. The van der Waals surface area contributed by atoms with Gasteiger partial charge in [0.2, 0.25) is 0 Å². The summed E-state index contributed by atoms with van der Waals surface area (Å²) >= 11 is 0. The highest BCUT2D eigenvalue weighted by Gasteiger charge is 2.61. The van der Waals surface area contributed by atoms with Gasteiger partial charge in [0.15, 0.2) is 0 Å². The summed E-state index contributed by atoms with van der Waals surface area (Å²) in [6.45, 7) is 14.5. The Hall–Kier alpha value is -0.830. The van der Waals surface area contributed by atoms with Crippen LogP contribution in [0.3, 0.4) is 0 Å². The van der Waals surface area contributed by atoms with Crippen molar-refractivity contribution < 1.29 is 14.6 Å². The van der Waals surface area contributed by atoms with Gasteiger partial charge in [0.25, 0.3) is 0 Å². The molecule has 0 saturated heterocycles. The maximum absolute atomic E-state index is 13.0. The maximum Gasteiger partial charge on any atom is 0.306 e. The smallest absolute Gasteiger partial charge is 0.306 e. The Kier molecular flexibility index (Phi) is 10.1. The lowest BCUT2D eigenvalue weighted by atomic mass is 9.46. The highest BCUT2D eigenvalue weighted by molar-refractivity contribution is 5.69. The summed E-state index contributed by atoms with van der Waals surface area (Å²) < 4.78 is 6.31. The van der Waals surface area contributed by atoms with Crippen molar-refractivity contribution in [2.24, 2.45) is 46.3 Å². The van der Waals surface area contributed by atoms with Crippen molar-refractivity contribution in [3.05, 3.63) is 11.6 Å². The van der Waals surface area contributed by atoms with Crippen molar-refractivity contribution in [2.75, 3.05) is 0 Å². The summed E-state index contributed by atoms with van der Waals surface area (Å²) in [4.78, 5) is 13.0. The van der Waals surface area contributed by atoms with Crippen molar-refractivity contribution in [3.8, 4) is 0 Å². The van der Waals surface area contributed by atoms with E-state index in [0.29, 0.717) is 30.1 Å². The zero-order chi connectivity index (χ0) is 27.5. The van der Waals surface area contributed by atoms with Crippen LogP contribution in [0.1, 0.15) is 144 Å². The van der Waals surface area contributed by atoms with Crippen LogP contribution in [0.2, 0.25) is 0 Å². The molecule has 4 aliphatic carbocycles. The van der Waals surface area contributed by atoms with Gasteiger partial charge in [0, 0.05) is 18.3 Å². The summed E-state index contributed by atoms with van der Waals surface area (Å²) in [6.07, 6.45) is 20.2. The molecule has 3 saturated carbocycles. The highest BCUT2D eigenvalue weighted by atomic mass is 16.5. The lowest BCUT2D eigenvalue weighted by Crippen LogP contribution is -2.56. The number of carbonyl (C=O) groups excluding carboxylic acids is 1. The fraction of sp³-hybridized carbons (Fsp3) is 0.914. The van der Waals surface area contributed by atoms with Crippen LogP contribution in [0.5, 0.6) is 0 Å². The van der Waals surface area contributed by atoms with E-state index in [-0.39, 0.29) is 23.6 Å². The van der Waals surface area contributed by atoms with Crippen molar-refractivity contribution in [1.82, 2.24) is 0 Å². The van der Waals surface area contributed by atoms with Crippen LogP contribution in [0, 0.1) is 46.3 Å². The third-order valence-corrected chi connectivity index (χ3v) is 12.1. The fourth-order valence-electron chi connectivity index (χ4n) is 9.96. The summed E-state index contributed by atoms with van der Waals surface area (Å²) in [6, 6.07) is 0. The fourth-order valence-corrected chi connectivity index (χ4v) is 9.96. The predicted molar refractivity (Wildman–Crippen MR) is 158 cm³/mol. The highest BCUT2D eigenvalue weighted by Crippen LogP contribution is 2.67. The van der Waals surface area contributed by atoms with Crippen LogP contribution < -0.4 is 0 Å². The van der Waals surface area contributed by atoms with E-state index in [4.69, 9.17) is 4.74 Å². The number of hydrogen-bond acceptors (Lipinski definition) is 3. The molecule has 9 atom stereocenters. The molecule has 4 aliphatic rings. The van der Waals surface area contributed by atoms with E-state index in [0.717, 1.165) is 49.4 Å². The number of allylic oxidation sites excluding steroid dienone is 1. The standard InChI is InChI=1S/C35H60O3/c1-7-8-9-10-11-15-33(37)38-32-23-27(36)22-26-16-17-28-30-19-18-29(25(4)14-12-13-24(2)3)34(30,5)21-20-31(28)35(26,32)6/h16,24-25,27-32,36H,7-15,17-23H2,1-6H3/t25-,27-,28+,29-,30+,31+,32?,34-,35+/m1/s1. The van der Waals surface area contributed by atoms with E-state index in [2.05, 4.69) is 47.6 Å². The Morgan fingerprint density at radius 1 is 1.03 bits per heavy atom. The monoisotopic (exact) mass is 528 g/mol. The topological polar surface area (TPSA) is 46.5 Å². The molecule has 0 aromatic rings. The summed E-state index contributed by atoms with van der Waals surface area (Å²) in [5.41, 5.74) is 1.74. The van der Waals surface area contributed by atoms with Crippen LogP contribution in [-0.2, 0) is 9.53 Å². The van der Waals surface area contributed by atoms with Gasteiger partial charge in [-0.2, -0.15) is 0 Å². The largest absolute Gasteiger partial charge is 0.461 e. The van der Waals surface area contributed by atoms with Crippen molar-refractivity contribution in [3.63, 3.8) is 0 Å². The molecule has 0 radical (unpaired) electrons. The number of rotatable bonds is 12. The number of aliphatic hydroxyl groups is 1. The maximum atomic E-state index is 13.0. The molecule has 0 amide bonds. The normalized spacial score (nSPS) is 39.2. The zero-order valence-electron chi connectivity index (χ0n) is 25.8. The molecule has 1 unspecified atom stereocenters. The van der Waals surface area contributed by atoms with Gasteiger partial charge in [0.1, 0.15) is 6.10 Å². The second-order valence-electron chi connectivity index (χ2n) is 14.9. The first-order valence-corrected chi connectivity index (χ1v) is 16.7. The van der Waals surface area contributed by atoms with Gasteiger partial charge in [-0.25, -0.2) is 0 Å². The second-order valence-corrected chi connectivity index (χ2v) is 14.9. The molecule has 3 fully saturated rings. The third kappa shape index (κ3) is 6.08. The van der Waals surface area contributed by atoms with Gasteiger partial charge in [0.05, 0.1) is 6.10 Å². The van der Waals surface area contributed by atoms with Crippen LogP contribution >= 0.6 is 0 Å². The number of carbonyl (C=O) groups is 1. The van der Waals surface area contributed by atoms with E-state index in [1.807, 2.05) is 0 Å². The number of hydrogen-bond donors (Lipinski definition) is 1. The summed E-state index contributed by atoms with van der Waals surface area (Å²) in [5.74, 6) is 4.50. The SMILES string of the molecule is CCCCCCCC(=O)OC1C[C@H](O)CC2=CC[C@H]3[C@@H]4CC[C@H]([C@H](C)CCCC(C)C)[C@@]4(C)CC[C@@H]3[C@]21C. The lowest BCUT2D eigenvalue weighted by Gasteiger charge is -2.60. The molecule has 0 aromatic carbocycles. The molecule has 0 heterocycles. The molecule has 4 rings (SSSR count). The minimum atomic E-state index is -0.385. The van der Waals surface area contributed by atoms with Crippen LogP contribution in [-0.4, -0.2) is 23.3 Å². The second kappa shape index (κ2) is 12.8. The third-order valence-electron chi connectivity index (χ3n) is 12.1. The molecular formula is C35H60O3. The Bertz CT molecular complexity index is 816. The summed E-state index contributed by atoms with van der Waals surface area (Å²) in [5, 5.41) is 10.8. The Morgan fingerprint density at radius 2 is 1.79 bits per heavy atom. The predicted octanol–water partition coefficient (Wildman–Crippen LogP) is 9.27. The molecule has 0 aliphatic heterocycles. The quantitative estimate of drug-likeness (QED) is 0.156. The minimum absolute atomic E-state index is 0.0416. The van der Waals surface area contributed by atoms with Gasteiger partial charge in [-0.15, -0.1) is 0 Å². The lowest BCUT2D eigenvalue weighted by molar-refractivity contribution is -0.169. The van der Waals surface area contributed by atoms with Crippen LogP contribution in [0.4, 0.5) is 0 Å². The Labute approximate surface area is 235 Å². The van der Waals surface area contributed by atoms with Crippen molar-refractivity contribution in [2.45, 2.75) is 156 Å². The first-order chi connectivity index (χ1) is 18.1. The number of unbranched alkanes of at least 4 members (excludes halogenated alkanes) is 4. The van der Waals surface area contributed by atoms with E-state index < -0.39 is 0 Å². The molecule has 3 nitrogen and oxygen atoms in total. The van der Waals surface area contributed by atoms with Gasteiger partial charge >= 0.3 is 5.97 Å². The van der Waals surface area contributed by atoms with Crippen molar-refractivity contribution in [1.29, 1.82) is 0 Å². The molecule has 3 heteroatoms. The van der Waals surface area contributed by atoms with E-state index in [1.54, 1.807) is 0 Å². The number of aliphatic hydroxyl groups excluding tert-OH is 1. The molecule has 38 heavy (non-hydrogen) atoms. The van der Waals surface area contributed by atoms with Gasteiger partial charge in [-0.1, -0.05) is 98.1 Å². The molecule has 0 bridgehead atoms. The van der Waals surface area contributed by atoms with Gasteiger partial charge in [-0.05, 0) is 85.9 Å². The Balaban J connectivity index is 1.46. The zero-order valence-corrected chi connectivity index (χ0v) is 25.8. The van der Waals surface area contributed by atoms with E-state index >= 15 is 0 Å². The number of ether oxygens (including phenoxy) is 1. The molecule has 0 aromatic heterocycles. The average molecular weight is 529 g/mol. The average Bonchev–Trinajstić information content (AvgIpc) is 3.22. The molecule has 1 N–H and O–H groups in total. The molecule has 0 spiro atoms. The first-order valence-electron chi connectivity index (χ1n) is 16.7. The molecular weight excluding hydrogens is 468 g/mol. The first kappa shape index (κ1) is 30.1. The van der Waals surface area contributed by atoms with Crippen LogP contribution in [0.25, 0.3) is 0 Å². The van der Waals surface area contributed by atoms with E-state index in [1.165, 1.54) is 69.8 Å². The summed E-state index contributed by atoms with van der Waals surface area (Å²) in [7, 11) is 0. The van der Waals surface area contributed by atoms with Gasteiger partial charge < -0.3 is 9.84 Å². The number of esters is 1. The van der Waals surface area contributed by atoms with Crippen LogP contribution in [0.15, 0.2) is 11.6 Å². The minimum Gasteiger partial charge on any atom is -0.461 e. The van der Waals surface area contributed by atoms with Gasteiger partial charge in [-0.3, -0.25) is 4.79 Å². The van der Waals surface area contributed by atoms with E-state index in [9.17, 15) is 9.90 Å². The molecule has 218 valence electrons.